The Bertz CT molecular complexity index is 764. The molecule has 33 heavy (non-hydrogen) atoms. The van der Waals surface area contributed by atoms with Crippen LogP contribution < -0.4 is 0 Å². The van der Waals surface area contributed by atoms with Crippen molar-refractivity contribution in [2.75, 3.05) is 7.11 Å². The predicted molar refractivity (Wildman–Crippen MR) is 140 cm³/mol. The van der Waals surface area contributed by atoms with Gasteiger partial charge in [0.25, 0.3) is 0 Å². The molecule has 5 rings (SSSR count). The lowest BCUT2D eigenvalue weighted by Gasteiger charge is -2.62. The summed E-state index contributed by atoms with van der Waals surface area (Å²) in [5.41, 5.74) is 2.32. The van der Waals surface area contributed by atoms with Gasteiger partial charge in [-0.05, 0) is 102 Å². The number of ether oxygens (including phenoxy) is 1. The van der Waals surface area contributed by atoms with E-state index in [4.69, 9.17) is 4.74 Å². The predicted octanol–water partition coefficient (Wildman–Crippen LogP) is 9.00. The van der Waals surface area contributed by atoms with Crippen molar-refractivity contribution in [3.63, 3.8) is 0 Å². The molecule has 0 radical (unpaired) electrons. The van der Waals surface area contributed by atoms with Gasteiger partial charge < -0.3 is 4.74 Å². The third-order valence-electron chi connectivity index (χ3n) is 13.4. The molecule has 0 aliphatic heterocycles. The first-order valence-corrected chi connectivity index (χ1v) is 14.8. The van der Waals surface area contributed by atoms with Gasteiger partial charge in [0.1, 0.15) is 0 Å². The van der Waals surface area contributed by atoms with Crippen LogP contribution in [0.1, 0.15) is 120 Å². The van der Waals surface area contributed by atoms with E-state index in [-0.39, 0.29) is 0 Å². The summed E-state index contributed by atoms with van der Waals surface area (Å²) >= 11 is 0. The van der Waals surface area contributed by atoms with Gasteiger partial charge in [0.15, 0.2) is 0 Å². The fraction of sp³-hybridized carbons (Fsp3) is 1.00. The van der Waals surface area contributed by atoms with Gasteiger partial charge in [-0.2, -0.15) is 0 Å². The molecule has 0 heterocycles. The lowest BCUT2D eigenvalue weighted by Crippen LogP contribution is -2.58. The van der Waals surface area contributed by atoms with Gasteiger partial charge in [-0.1, -0.05) is 81.6 Å². The Morgan fingerprint density at radius 1 is 0.879 bits per heavy atom. The molecular weight excluding hydrogens is 400 g/mol. The maximum atomic E-state index is 6.52. The summed E-state index contributed by atoms with van der Waals surface area (Å²) in [6.45, 7) is 23.2. The minimum Gasteiger partial charge on any atom is -0.381 e. The molecule has 1 nitrogen and oxygen atoms in total. The molecule has 5 aliphatic carbocycles. The van der Waals surface area contributed by atoms with Crippen molar-refractivity contribution in [1.82, 2.24) is 0 Å². The molecule has 190 valence electrons. The van der Waals surface area contributed by atoms with Crippen molar-refractivity contribution in [1.29, 1.82) is 0 Å². The molecule has 1 heteroatoms. The molecule has 0 N–H and O–H groups in total. The summed E-state index contributed by atoms with van der Waals surface area (Å²) in [7, 11) is 2.05. The molecule has 0 unspecified atom stereocenters. The van der Waals surface area contributed by atoms with Crippen LogP contribution in [0.15, 0.2) is 0 Å². The number of hydrogen-bond donors (Lipinski definition) is 0. The average molecular weight is 457 g/mol. The van der Waals surface area contributed by atoms with E-state index in [0.29, 0.717) is 33.2 Å². The van der Waals surface area contributed by atoms with E-state index >= 15 is 0 Å². The molecule has 0 bridgehead atoms. The van der Waals surface area contributed by atoms with Gasteiger partial charge >= 0.3 is 0 Å². The van der Waals surface area contributed by atoms with Crippen LogP contribution >= 0.6 is 0 Å². The van der Waals surface area contributed by atoms with Gasteiger partial charge in [0.2, 0.25) is 0 Å². The van der Waals surface area contributed by atoms with Crippen molar-refractivity contribution in [3.8, 4) is 0 Å². The second kappa shape index (κ2) is 7.49. The van der Waals surface area contributed by atoms with E-state index in [0.717, 1.165) is 41.4 Å². The van der Waals surface area contributed by atoms with E-state index in [1.807, 2.05) is 7.11 Å². The molecule has 5 fully saturated rings. The lowest BCUT2D eigenvalue weighted by atomic mass is 9.44. The Hall–Kier alpha value is -0.0400. The quantitative estimate of drug-likeness (QED) is 0.387. The van der Waals surface area contributed by atoms with Crippen molar-refractivity contribution in [3.05, 3.63) is 0 Å². The number of rotatable bonds is 6. The van der Waals surface area contributed by atoms with Crippen LogP contribution in [0, 0.1) is 68.5 Å². The SMILES string of the molecule is CO[C@H]1C[C@H]2[C@@H]3CC[C@H]([C@@H](C)CCCC(C)C)[C@@]3(C)CC[C@@H]2[C@@]2(C)CC(C)(C)[C@@H]3C(C)(C)[C@@]132. The highest BCUT2D eigenvalue weighted by Crippen LogP contribution is 2.92. The molecule has 0 aromatic heterocycles. The second-order valence-electron chi connectivity index (χ2n) is 16.0. The van der Waals surface area contributed by atoms with Crippen molar-refractivity contribution in [2.45, 2.75) is 126 Å². The zero-order valence-corrected chi connectivity index (χ0v) is 23.9. The van der Waals surface area contributed by atoms with Crippen LogP contribution in [-0.4, -0.2) is 13.2 Å². The van der Waals surface area contributed by atoms with E-state index in [9.17, 15) is 0 Å². The molecule has 0 aromatic carbocycles. The first-order valence-electron chi connectivity index (χ1n) is 14.8. The first kappa shape index (κ1) is 24.6. The van der Waals surface area contributed by atoms with E-state index in [2.05, 4.69) is 62.3 Å². The molecule has 1 spiro atoms. The summed E-state index contributed by atoms with van der Waals surface area (Å²) in [6.07, 6.45) is 13.5. The zero-order valence-electron chi connectivity index (χ0n) is 23.9. The molecule has 10 atom stereocenters. The van der Waals surface area contributed by atoms with Gasteiger partial charge in [-0.15, -0.1) is 0 Å². The molecule has 0 saturated heterocycles. The molecular formula is C32H56O. The highest BCUT2D eigenvalue weighted by Gasteiger charge is 2.90. The largest absolute Gasteiger partial charge is 0.381 e. The van der Waals surface area contributed by atoms with Gasteiger partial charge in [-0.25, -0.2) is 0 Å². The Balaban J connectivity index is 1.42. The van der Waals surface area contributed by atoms with Gasteiger partial charge in [0.05, 0.1) is 6.10 Å². The molecule has 0 amide bonds. The Kier molecular flexibility index (Phi) is 5.59. The van der Waals surface area contributed by atoms with Gasteiger partial charge in [0, 0.05) is 12.5 Å². The number of hydrogen-bond acceptors (Lipinski definition) is 1. The Labute approximate surface area is 206 Å². The highest BCUT2D eigenvalue weighted by atomic mass is 16.5. The molecule has 5 aliphatic rings. The topological polar surface area (TPSA) is 9.23 Å². The van der Waals surface area contributed by atoms with Crippen LogP contribution in [0.25, 0.3) is 0 Å². The normalized spacial score (nSPS) is 52.1. The van der Waals surface area contributed by atoms with Crippen LogP contribution in [0.2, 0.25) is 0 Å². The van der Waals surface area contributed by atoms with Crippen LogP contribution in [0.5, 0.6) is 0 Å². The standard InChI is InChI=1S/C32H56O/c1-20(2)12-11-13-21(3)23-14-15-24-22-18-26(33-10)32-27(29(32,6)7)28(4,5)19-31(32,9)25(22)16-17-30(23,24)8/h20-27H,11-19H2,1-10H3/t21-,22-,23+,24-,25-,26-,27+,30+,31+,32+/m0/s1. The van der Waals surface area contributed by atoms with Crippen molar-refractivity contribution < 1.29 is 4.74 Å². The summed E-state index contributed by atoms with van der Waals surface area (Å²) in [5.74, 6) is 6.28. The summed E-state index contributed by atoms with van der Waals surface area (Å²) in [5, 5.41) is 0. The minimum atomic E-state index is 0.412. The monoisotopic (exact) mass is 456 g/mol. The minimum absolute atomic E-state index is 0.412. The number of methoxy groups -OCH3 is 1. The van der Waals surface area contributed by atoms with E-state index in [1.54, 1.807) is 0 Å². The molecule has 0 aromatic rings. The average Bonchev–Trinajstić information content (AvgIpc) is 2.95. The lowest BCUT2D eigenvalue weighted by molar-refractivity contribution is -0.174. The van der Waals surface area contributed by atoms with Crippen LogP contribution in [-0.2, 0) is 4.74 Å². The van der Waals surface area contributed by atoms with E-state index in [1.165, 1.54) is 57.8 Å². The summed E-state index contributed by atoms with van der Waals surface area (Å²) in [6, 6.07) is 0. The fourth-order valence-electron chi connectivity index (χ4n) is 13.2. The Morgan fingerprint density at radius 2 is 1.58 bits per heavy atom. The van der Waals surface area contributed by atoms with Gasteiger partial charge in [-0.3, -0.25) is 0 Å². The molecule has 5 saturated carbocycles. The zero-order chi connectivity index (χ0) is 24.2. The maximum Gasteiger partial charge on any atom is 0.0644 e. The van der Waals surface area contributed by atoms with E-state index < -0.39 is 0 Å². The highest BCUT2D eigenvalue weighted by molar-refractivity contribution is 5.37. The van der Waals surface area contributed by atoms with Crippen molar-refractivity contribution >= 4 is 0 Å². The summed E-state index contributed by atoms with van der Waals surface area (Å²) in [4.78, 5) is 0. The first-order chi connectivity index (χ1) is 15.3. The van der Waals surface area contributed by atoms with Crippen LogP contribution in [0.3, 0.4) is 0 Å². The third kappa shape index (κ3) is 2.93. The van der Waals surface area contributed by atoms with Crippen molar-refractivity contribution in [2.24, 2.45) is 68.5 Å². The second-order valence-corrected chi connectivity index (χ2v) is 16.0. The smallest absolute Gasteiger partial charge is 0.0644 e. The Morgan fingerprint density at radius 3 is 2.18 bits per heavy atom. The fourth-order valence-corrected chi connectivity index (χ4v) is 13.2. The number of fused-ring (bicyclic) bond motifs is 4. The summed E-state index contributed by atoms with van der Waals surface area (Å²) < 4.78 is 6.52. The third-order valence-corrected chi connectivity index (χ3v) is 13.4. The maximum absolute atomic E-state index is 6.52. The van der Waals surface area contributed by atoms with Crippen LogP contribution in [0.4, 0.5) is 0 Å².